The molecule has 0 aromatic heterocycles. The fourth-order valence-electron chi connectivity index (χ4n) is 2.16. The van der Waals surface area contributed by atoms with Crippen molar-refractivity contribution in [3.05, 3.63) is 53.6 Å². The number of methoxy groups -OCH3 is 1. The van der Waals surface area contributed by atoms with Gasteiger partial charge in [0, 0.05) is 12.6 Å². The zero-order chi connectivity index (χ0) is 14.7. The van der Waals surface area contributed by atoms with E-state index in [1.54, 1.807) is 7.11 Å². The van der Waals surface area contributed by atoms with Crippen LogP contribution in [-0.2, 0) is 0 Å². The topological polar surface area (TPSA) is 38.5 Å². The molecule has 104 valence electrons. The average molecular weight is 286 g/mol. The number of benzene rings is 2. The molecule has 3 nitrogen and oxygen atoms in total. The van der Waals surface area contributed by atoms with Crippen molar-refractivity contribution in [3.8, 4) is 5.75 Å². The summed E-state index contributed by atoms with van der Waals surface area (Å²) in [6.45, 7) is 2.04. The first kappa shape index (κ1) is 14.3. The molecule has 0 heterocycles. The van der Waals surface area contributed by atoms with Crippen LogP contribution in [0.5, 0.6) is 5.75 Å². The van der Waals surface area contributed by atoms with Gasteiger partial charge in [-0.1, -0.05) is 30.4 Å². The summed E-state index contributed by atoms with van der Waals surface area (Å²) in [6.07, 6.45) is 0. The number of hydrogen-bond acceptors (Lipinski definition) is 3. The molecule has 2 aromatic rings. The number of ether oxygens (including phenoxy) is 1. The summed E-state index contributed by atoms with van der Waals surface area (Å²) in [5.41, 5.74) is 9.78. The van der Waals surface area contributed by atoms with Gasteiger partial charge in [0.1, 0.15) is 10.7 Å². The van der Waals surface area contributed by atoms with Crippen molar-refractivity contribution in [1.29, 1.82) is 0 Å². The Balaban J connectivity index is 2.55. The first-order valence-corrected chi connectivity index (χ1v) is 6.72. The largest absolute Gasteiger partial charge is 0.495 e. The Bertz CT molecular complexity index is 640. The van der Waals surface area contributed by atoms with E-state index in [1.807, 2.05) is 55.3 Å². The molecular weight excluding hydrogens is 268 g/mol. The normalized spacial score (nSPS) is 10.2. The number of aryl methyl sites for hydroxylation is 1. The van der Waals surface area contributed by atoms with E-state index in [2.05, 4.69) is 6.07 Å². The standard InChI is InChI=1S/C16H18N2OS/c1-11-8-9-12(16(17)20)14(10-11)18(2)13-6-4-5-7-15(13)19-3/h4-10H,1-3H3,(H2,17,20). The lowest BCUT2D eigenvalue weighted by Gasteiger charge is -2.24. The van der Waals surface area contributed by atoms with Crippen molar-refractivity contribution in [3.63, 3.8) is 0 Å². The third-order valence-corrected chi connectivity index (χ3v) is 3.45. The molecule has 0 radical (unpaired) electrons. The van der Waals surface area contributed by atoms with E-state index in [1.165, 1.54) is 0 Å². The van der Waals surface area contributed by atoms with Gasteiger partial charge in [-0.3, -0.25) is 0 Å². The minimum absolute atomic E-state index is 0.391. The molecule has 2 N–H and O–H groups in total. The van der Waals surface area contributed by atoms with E-state index in [4.69, 9.17) is 22.7 Å². The third-order valence-electron chi connectivity index (χ3n) is 3.23. The van der Waals surface area contributed by atoms with Crippen molar-refractivity contribution in [1.82, 2.24) is 0 Å². The van der Waals surface area contributed by atoms with E-state index in [9.17, 15) is 0 Å². The highest BCUT2D eigenvalue weighted by molar-refractivity contribution is 7.80. The summed E-state index contributed by atoms with van der Waals surface area (Å²) in [5.74, 6) is 0.811. The first-order chi connectivity index (χ1) is 9.54. The zero-order valence-electron chi connectivity index (χ0n) is 11.9. The van der Waals surface area contributed by atoms with Gasteiger partial charge in [0.05, 0.1) is 18.5 Å². The van der Waals surface area contributed by atoms with Crippen LogP contribution in [-0.4, -0.2) is 19.1 Å². The third kappa shape index (κ3) is 2.75. The van der Waals surface area contributed by atoms with E-state index in [-0.39, 0.29) is 0 Å². The molecule has 0 aliphatic rings. The lowest BCUT2D eigenvalue weighted by Crippen LogP contribution is -2.18. The van der Waals surface area contributed by atoms with Crippen molar-refractivity contribution in [2.45, 2.75) is 6.92 Å². The van der Waals surface area contributed by atoms with Crippen LogP contribution >= 0.6 is 12.2 Å². The summed E-state index contributed by atoms with van der Waals surface area (Å²) >= 11 is 5.14. The van der Waals surface area contributed by atoms with Crippen LogP contribution in [0.25, 0.3) is 0 Å². The van der Waals surface area contributed by atoms with Crippen LogP contribution in [0.3, 0.4) is 0 Å². The fourth-order valence-corrected chi connectivity index (χ4v) is 2.34. The van der Waals surface area contributed by atoms with Gasteiger partial charge in [-0.25, -0.2) is 0 Å². The Morgan fingerprint density at radius 1 is 1.15 bits per heavy atom. The van der Waals surface area contributed by atoms with E-state index < -0.39 is 0 Å². The summed E-state index contributed by atoms with van der Waals surface area (Å²) < 4.78 is 5.41. The predicted molar refractivity (Wildman–Crippen MR) is 88.1 cm³/mol. The van der Waals surface area contributed by atoms with Crippen LogP contribution in [0.15, 0.2) is 42.5 Å². The molecule has 0 amide bonds. The molecular formula is C16H18N2OS. The maximum Gasteiger partial charge on any atom is 0.142 e. The Morgan fingerprint density at radius 2 is 1.85 bits per heavy atom. The van der Waals surface area contributed by atoms with Crippen LogP contribution in [0.1, 0.15) is 11.1 Å². The summed E-state index contributed by atoms with van der Waals surface area (Å²) in [5, 5.41) is 0. The fraction of sp³-hybridized carbons (Fsp3) is 0.188. The average Bonchev–Trinajstić information content (AvgIpc) is 2.46. The Hall–Kier alpha value is -2.07. The van der Waals surface area contributed by atoms with Gasteiger partial charge in [-0.2, -0.15) is 0 Å². The summed E-state index contributed by atoms with van der Waals surface area (Å²) in [7, 11) is 3.64. The molecule has 0 atom stereocenters. The van der Waals surface area contributed by atoms with Crippen LogP contribution < -0.4 is 15.4 Å². The van der Waals surface area contributed by atoms with Crippen LogP contribution in [0.4, 0.5) is 11.4 Å². The SMILES string of the molecule is COc1ccccc1N(C)c1cc(C)ccc1C(N)=S. The molecule has 4 heteroatoms. The van der Waals surface area contributed by atoms with Gasteiger partial charge in [0.15, 0.2) is 0 Å². The minimum Gasteiger partial charge on any atom is -0.495 e. The molecule has 0 aliphatic heterocycles. The molecule has 2 aromatic carbocycles. The lowest BCUT2D eigenvalue weighted by molar-refractivity contribution is 0.415. The molecule has 0 saturated carbocycles. The van der Waals surface area contributed by atoms with Gasteiger partial charge in [-0.15, -0.1) is 0 Å². The second-order valence-electron chi connectivity index (χ2n) is 4.62. The predicted octanol–water partition coefficient (Wildman–Crippen LogP) is 3.41. The van der Waals surface area contributed by atoms with Crippen LogP contribution in [0.2, 0.25) is 0 Å². The highest BCUT2D eigenvalue weighted by Crippen LogP contribution is 2.34. The van der Waals surface area contributed by atoms with E-state index in [0.29, 0.717) is 4.99 Å². The van der Waals surface area contributed by atoms with Gasteiger partial charge >= 0.3 is 0 Å². The minimum atomic E-state index is 0.391. The zero-order valence-corrected chi connectivity index (χ0v) is 12.7. The number of thiocarbonyl (C=S) groups is 1. The molecule has 0 saturated heterocycles. The van der Waals surface area contributed by atoms with Crippen molar-refractivity contribution in [2.24, 2.45) is 5.73 Å². The molecule has 0 unspecified atom stereocenters. The number of rotatable bonds is 4. The number of anilines is 2. The van der Waals surface area contributed by atoms with Gasteiger partial charge in [-0.05, 0) is 36.8 Å². The number of para-hydroxylation sites is 2. The van der Waals surface area contributed by atoms with Crippen molar-refractivity contribution in [2.75, 3.05) is 19.1 Å². The molecule has 0 aliphatic carbocycles. The molecule has 0 fully saturated rings. The Kier molecular flexibility index (Phi) is 4.25. The number of nitrogens with zero attached hydrogens (tertiary/aromatic N) is 1. The molecule has 0 spiro atoms. The number of nitrogens with two attached hydrogens (primary N) is 1. The second-order valence-corrected chi connectivity index (χ2v) is 5.06. The summed E-state index contributed by atoms with van der Waals surface area (Å²) in [6, 6.07) is 13.9. The smallest absolute Gasteiger partial charge is 0.142 e. The van der Waals surface area contributed by atoms with E-state index >= 15 is 0 Å². The monoisotopic (exact) mass is 286 g/mol. The van der Waals surface area contributed by atoms with Gasteiger partial charge in [0.2, 0.25) is 0 Å². The number of hydrogen-bond donors (Lipinski definition) is 1. The lowest BCUT2D eigenvalue weighted by atomic mass is 10.1. The van der Waals surface area contributed by atoms with Gasteiger partial charge < -0.3 is 15.4 Å². The maximum atomic E-state index is 5.82. The van der Waals surface area contributed by atoms with Crippen molar-refractivity contribution >= 4 is 28.6 Å². The quantitative estimate of drug-likeness (QED) is 0.874. The summed E-state index contributed by atoms with van der Waals surface area (Å²) in [4.78, 5) is 2.43. The van der Waals surface area contributed by atoms with E-state index in [0.717, 1.165) is 28.3 Å². The Morgan fingerprint density at radius 3 is 2.50 bits per heavy atom. The Labute approximate surface area is 125 Å². The highest BCUT2D eigenvalue weighted by Gasteiger charge is 2.14. The highest BCUT2D eigenvalue weighted by atomic mass is 32.1. The van der Waals surface area contributed by atoms with Crippen molar-refractivity contribution < 1.29 is 4.74 Å². The first-order valence-electron chi connectivity index (χ1n) is 6.31. The maximum absolute atomic E-state index is 5.82. The molecule has 20 heavy (non-hydrogen) atoms. The van der Waals surface area contributed by atoms with Crippen LogP contribution in [0, 0.1) is 6.92 Å². The second kappa shape index (κ2) is 5.92. The van der Waals surface area contributed by atoms with Gasteiger partial charge in [0.25, 0.3) is 0 Å². The molecule has 2 rings (SSSR count). The molecule has 0 bridgehead atoms.